The van der Waals surface area contributed by atoms with Gasteiger partial charge in [0.2, 0.25) is 0 Å². The Balaban J connectivity index is 1.32. The van der Waals surface area contributed by atoms with Gasteiger partial charge in [-0.1, -0.05) is 19.1 Å². The van der Waals surface area contributed by atoms with Crippen LogP contribution in [0.15, 0.2) is 79.1 Å². The molecule has 0 saturated heterocycles. The summed E-state index contributed by atoms with van der Waals surface area (Å²) in [4.78, 5) is 12.2. The standard InChI is InChI=1S/C22H21N7O/c1-2-16-4-6-18(7-5-16)25-22(30)26-19-10-8-17(9-11-19)24-20-12-13-21(28-27-20)29-15-3-14-23-29/h3-15H,2H2,1H3,(H,24,27)(H2,25,26,30). The molecular formula is C22H21N7O. The number of aromatic nitrogens is 4. The average Bonchev–Trinajstić information content (AvgIpc) is 3.31. The van der Waals surface area contributed by atoms with Crippen molar-refractivity contribution in [2.24, 2.45) is 0 Å². The van der Waals surface area contributed by atoms with E-state index in [1.807, 2.05) is 66.7 Å². The van der Waals surface area contributed by atoms with E-state index in [-0.39, 0.29) is 6.03 Å². The number of nitrogens with one attached hydrogen (secondary N) is 3. The minimum absolute atomic E-state index is 0.292. The Morgan fingerprint density at radius 3 is 2.10 bits per heavy atom. The Hall–Kier alpha value is -4.20. The van der Waals surface area contributed by atoms with Crippen LogP contribution in [0.25, 0.3) is 5.82 Å². The van der Waals surface area contributed by atoms with Crippen molar-refractivity contribution >= 4 is 28.9 Å². The molecule has 0 aliphatic carbocycles. The Kier molecular flexibility index (Phi) is 5.66. The third-order valence-corrected chi connectivity index (χ3v) is 4.42. The predicted molar refractivity (Wildman–Crippen MR) is 117 cm³/mol. The summed E-state index contributed by atoms with van der Waals surface area (Å²) in [5.74, 6) is 1.25. The zero-order chi connectivity index (χ0) is 20.8. The van der Waals surface area contributed by atoms with E-state index in [0.29, 0.717) is 17.3 Å². The number of benzene rings is 2. The van der Waals surface area contributed by atoms with Gasteiger partial charge in [-0.2, -0.15) is 5.10 Å². The molecule has 0 atom stereocenters. The third-order valence-electron chi connectivity index (χ3n) is 4.42. The predicted octanol–water partition coefficient (Wildman–Crippen LogP) is 4.61. The molecule has 0 aliphatic rings. The lowest BCUT2D eigenvalue weighted by atomic mass is 10.1. The molecule has 0 unspecified atom stereocenters. The molecule has 150 valence electrons. The third kappa shape index (κ3) is 4.79. The fraction of sp³-hybridized carbons (Fsp3) is 0.0909. The summed E-state index contributed by atoms with van der Waals surface area (Å²) >= 11 is 0. The molecule has 0 spiro atoms. The second-order valence-corrected chi connectivity index (χ2v) is 6.56. The highest BCUT2D eigenvalue weighted by molar-refractivity contribution is 5.99. The van der Waals surface area contributed by atoms with Crippen LogP contribution in [-0.2, 0) is 6.42 Å². The van der Waals surface area contributed by atoms with E-state index in [2.05, 4.69) is 38.2 Å². The number of rotatable bonds is 6. The molecule has 4 aromatic rings. The van der Waals surface area contributed by atoms with E-state index in [0.717, 1.165) is 17.8 Å². The Morgan fingerprint density at radius 2 is 1.53 bits per heavy atom. The number of carbonyl (C=O) groups is 1. The van der Waals surface area contributed by atoms with Crippen molar-refractivity contribution in [2.45, 2.75) is 13.3 Å². The summed E-state index contributed by atoms with van der Waals surface area (Å²) in [5, 5.41) is 21.2. The lowest BCUT2D eigenvalue weighted by Gasteiger charge is -2.10. The zero-order valence-corrected chi connectivity index (χ0v) is 16.4. The van der Waals surface area contributed by atoms with E-state index in [4.69, 9.17) is 0 Å². The van der Waals surface area contributed by atoms with Crippen molar-refractivity contribution in [1.82, 2.24) is 20.0 Å². The van der Waals surface area contributed by atoms with E-state index in [1.165, 1.54) is 5.56 Å². The van der Waals surface area contributed by atoms with Gasteiger partial charge in [0.1, 0.15) is 0 Å². The quantitative estimate of drug-likeness (QED) is 0.440. The fourth-order valence-corrected chi connectivity index (χ4v) is 2.82. The van der Waals surface area contributed by atoms with Crippen LogP contribution >= 0.6 is 0 Å². The topological polar surface area (TPSA) is 96.8 Å². The zero-order valence-electron chi connectivity index (χ0n) is 16.4. The van der Waals surface area contributed by atoms with Crippen molar-refractivity contribution in [2.75, 3.05) is 16.0 Å². The van der Waals surface area contributed by atoms with Crippen molar-refractivity contribution in [3.05, 3.63) is 84.7 Å². The molecule has 2 aromatic carbocycles. The smallest absolute Gasteiger partial charge is 0.323 e. The number of carbonyl (C=O) groups excluding carboxylic acids is 1. The second kappa shape index (κ2) is 8.87. The first-order chi connectivity index (χ1) is 14.7. The summed E-state index contributed by atoms with van der Waals surface area (Å²) < 4.78 is 1.64. The van der Waals surface area contributed by atoms with Crippen LogP contribution in [0.4, 0.5) is 27.7 Å². The highest BCUT2D eigenvalue weighted by Gasteiger charge is 2.04. The number of urea groups is 1. The molecule has 0 aliphatic heterocycles. The lowest BCUT2D eigenvalue weighted by Crippen LogP contribution is -2.19. The van der Waals surface area contributed by atoms with Crippen molar-refractivity contribution in [3.8, 4) is 5.82 Å². The molecule has 0 bridgehead atoms. The number of hydrogen-bond acceptors (Lipinski definition) is 5. The van der Waals surface area contributed by atoms with Gasteiger partial charge in [0.05, 0.1) is 0 Å². The molecule has 3 N–H and O–H groups in total. The van der Waals surface area contributed by atoms with Crippen LogP contribution in [0.3, 0.4) is 0 Å². The van der Waals surface area contributed by atoms with Crippen LogP contribution in [-0.4, -0.2) is 26.0 Å². The van der Waals surface area contributed by atoms with Crippen LogP contribution < -0.4 is 16.0 Å². The SMILES string of the molecule is CCc1ccc(NC(=O)Nc2ccc(Nc3ccc(-n4cccn4)nn3)cc2)cc1. The van der Waals surface area contributed by atoms with Gasteiger partial charge in [-0.05, 0) is 66.6 Å². The Morgan fingerprint density at radius 1 is 0.867 bits per heavy atom. The van der Waals surface area contributed by atoms with Crippen LogP contribution in [0.5, 0.6) is 0 Å². The highest BCUT2D eigenvalue weighted by atomic mass is 16.2. The lowest BCUT2D eigenvalue weighted by molar-refractivity contribution is 0.262. The van der Waals surface area contributed by atoms with Crippen LogP contribution in [0.2, 0.25) is 0 Å². The maximum absolute atomic E-state index is 12.2. The number of anilines is 4. The minimum atomic E-state index is -0.292. The first kappa shape index (κ1) is 19.1. The minimum Gasteiger partial charge on any atom is -0.339 e. The maximum Gasteiger partial charge on any atom is 0.323 e. The normalized spacial score (nSPS) is 10.4. The molecule has 0 saturated carbocycles. The van der Waals surface area contributed by atoms with Crippen molar-refractivity contribution in [1.29, 1.82) is 0 Å². The first-order valence-electron chi connectivity index (χ1n) is 9.57. The molecule has 2 aromatic heterocycles. The van der Waals surface area contributed by atoms with E-state index >= 15 is 0 Å². The molecule has 8 heteroatoms. The fourth-order valence-electron chi connectivity index (χ4n) is 2.82. The van der Waals surface area contributed by atoms with Gasteiger partial charge in [0, 0.05) is 29.5 Å². The van der Waals surface area contributed by atoms with Gasteiger partial charge < -0.3 is 16.0 Å². The van der Waals surface area contributed by atoms with Crippen LogP contribution in [0.1, 0.15) is 12.5 Å². The largest absolute Gasteiger partial charge is 0.339 e. The van der Waals surface area contributed by atoms with Gasteiger partial charge >= 0.3 is 6.03 Å². The molecule has 2 amide bonds. The van der Waals surface area contributed by atoms with E-state index in [1.54, 1.807) is 17.1 Å². The number of hydrogen-bond donors (Lipinski definition) is 3. The second-order valence-electron chi connectivity index (χ2n) is 6.56. The molecule has 0 radical (unpaired) electrons. The Bertz CT molecular complexity index is 1090. The summed E-state index contributed by atoms with van der Waals surface area (Å²) in [6, 6.07) is 20.3. The van der Waals surface area contributed by atoms with Gasteiger partial charge in [-0.15, -0.1) is 10.2 Å². The Labute approximate surface area is 174 Å². The molecular weight excluding hydrogens is 378 g/mol. The highest BCUT2D eigenvalue weighted by Crippen LogP contribution is 2.18. The summed E-state index contributed by atoms with van der Waals surface area (Å²) in [7, 11) is 0. The molecule has 30 heavy (non-hydrogen) atoms. The van der Waals surface area contributed by atoms with Gasteiger partial charge in [-0.3, -0.25) is 0 Å². The molecule has 8 nitrogen and oxygen atoms in total. The van der Waals surface area contributed by atoms with Gasteiger partial charge in [0.25, 0.3) is 0 Å². The van der Waals surface area contributed by atoms with Crippen molar-refractivity contribution in [3.63, 3.8) is 0 Å². The monoisotopic (exact) mass is 399 g/mol. The van der Waals surface area contributed by atoms with E-state index < -0.39 is 0 Å². The maximum atomic E-state index is 12.2. The molecule has 2 heterocycles. The molecule has 4 rings (SSSR count). The van der Waals surface area contributed by atoms with Crippen molar-refractivity contribution < 1.29 is 4.79 Å². The summed E-state index contributed by atoms with van der Waals surface area (Å²) in [5.41, 5.74) is 3.49. The number of aryl methyl sites for hydroxylation is 1. The summed E-state index contributed by atoms with van der Waals surface area (Å²) in [6.45, 7) is 2.09. The number of amides is 2. The summed E-state index contributed by atoms with van der Waals surface area (Å²) in [6.07, 6.45) is 4.46. The first-order valence-corrected chi connectivity index (χ1v) is 9.57. The van der Waals surface area contributed by atoms with Gasteiger partial charge in [0.15, 0.2) is 11.6 Å². The van der Waals surface area contributed by atoms with E-state index in [9.17, 15) is 4.79 Å². The average molecular weight is 399 g/mol. The van der Waals surface area contributed by atoms with Gasteiger partial charge in [-0.25, -0.2) is 9.48 Å². The van der Waals surface area contributed by atoms with Crippen LogP contribution in [0, 0.1) is 0 Å². The molecule has 0 fully saturated rings. The number of nitrogens with zero attached hydrogens (tertiary/aromatic N) is 4.